The topological polar surface area (TPSA) is 114 Å². The van der Waals surface area contributed by atoms with Gasteiger partial charge in [-0.1, -0.05) is 12.1 Å². The normalized spacial score (nSPS) is 11.6. The Hall–Kier alpha value is -2.65. The molecule has 3 aromatic rings. The monoisotopic (exact) mass is 390 g/mol. The first-order valence-electron chi connectivity index (χ1n) is 7.57. The molecule has 0 aliphatic carbocycles. The molecule has 0 unspecified atom stereocenters. The summed E-state index contributed by atoms with van der Waals surface area (Å²) in [5, 5.41) is 9.45. The minimum Gasteiger partial charge on any atom is -0.481 e. The first kappa shape index (κ1) is 18.2. The maximum Gasteiger partial charge on any atom is 0.303 e. The van der Waals surface area contributed by atoms with Gasteiger partial charge in [-0.05, 0) is 36.2 Å². The van der Waals surface area contributed by atoms with E-state index >= 15 is 0 Å². The highest BCUT2D eigenvalue weighted by atomic mass is 32.2. The smallest absolute Gasteiger partial charge is 0.303 e. The summed E-state index contributed by atoms with van der Waals surface area (Å²) in [5.74, 6) is -0.988. The molecule has 134 valence electrons. The Bertz CT molecular complexity index is 1170. The van der Waals surface area contributed by atoms with E-state index in [-0.39, 0.29) is 28.6 Å². The van der Waals surface area contributed by atoms with Crippen LogP contribution in [0.25, 0.3) is 20.8 Å². The molecule has 2 heterocycles. The summed E-state index contributed by atoms with van der Waals surface area (Å²) in [5.41, 5.74) is 0.321. The van der Waals surface area contributed by atoms with Crippen LogP contribution < -0.4 is 5.56 Å². The second-order valence-corrected chi connectivity index (χ2v) is 8.68. The fourth-order valence-electron chi connectivity index (χ4n) is 2.38. The second kappa shape index (κ2) is 6.93. The molecule has 1 aromatic carbocycles. The van der Waals surface area contributed by atoms with Crippen LogP contribution in [0.1, 0.15) is 12.0 Å². The van der Waals surface area contributed by atoms with E-state index in [9.17, 15) is 18.0 Å². The van der Waals surface area contributed by atoms with Crippen molar-refractivity contribution in [1.82, 2.24) is 9.97 Å². The molecule has 26 heavy (non-hydrogen) atoms. The van der Waals surface area contributed by atoms with Gasteiger partial charge in [-0.15, -0.1) is 11.3 Å². The van der Waals surface area contributed by atoms with Crippen molar-refractivity contribution >= 4 is 37.2 Å². The van der Waals surface area contributed by atoms with Gasteiger partial charge in [0.15, 0.2) is 14.9 Å². The average Bonchev–Trinajstić information content (AvgIpc) is 2.59. The molecule has 0 atom stereocenters. The second-order valence-electron chi connectivity index (χ2n) is 5.69. The van der Waals surface area contributed by atoms with Gasteiger partial charge >= 0.3 is 5.97 Å². The molecule has 0 saturated carbocycles. The Kier molecular flexibility index (Phi) is 4.84. The molecule has 1 N–H and O–H groups in total. The van der Waals surface area contributed by atoms with Crippen LogP contribution in [0.5, 0.6) is 0 Å². The number of hydrogen-bond donors (Lipinski definition) is 1. The highest BCUT2D eigenvalue weighted by Crippen LogP contribution is 2.27. The Labute approximate surface area is 152 Å². The van der Waals surface area contributed by atoms with E-state index in [1.54, 1.807) is 30.3 Å². The number of hydrogen-bond acceptors (Lipinski definition) is 7. The molecule has 9 heteroatoms. The molecule has 0 saturated heterocycles. The van der Waals surface area contributed by atoms with E-state index in [4.69, 9.17) is 5.11 Å². The first-order valence-corrected chi connectivity index (χ1v) is 10.3. The molecular formula is C17H14N2O5S2. The minimum atomic E-state index is -3.61. The summed E-state index contributed by atoms with van der Waals surface area (Å²) in [7, 11) is -3.61. The molecule has 0 bridgehead atoms. The van der Waals surface area contributed by atoms with Crippen LogP contribution in [-0.2, 0) is 21.1 Å². The SMILES string of the molecule is CS(=O)(=O)c1cc(CCC(=O)O)cc(-c2nc(=O)c3ccccc3s2)n1. The van der Waals surface area contributed by atoms with Gasteiger partial charge in [-0.25, -0.2) is 13.4 Å². The van der Waals surface area contributed by atoms with Crippen LogP contribution in [0, 0.1) is 0 Å². The third-order valence-electron chi connectivity index (χ3n) is 3.62. The molecule has 0 spiro atoms. The zero-order chi connectivity index (χ0) is 18.9. The molecule has 7 nitrogen and oxygen atoms in total. The summed E-state index contributed by atoms with van der Waals surface area (Å²) >= 11 is 1.22. The van der Waals surface area contributed by atoms with Crippen molar-refractivity contribution in [2.24, 2.45) is 0 Å². The van der Waals surface area contributed by atoms with Crippen LogP contribution in [0.3, 0.4) is 0 Å². The van der Waals surface area contributed by atoms with Crippen LogP contribution in [0.15, 0.2) is 46.2 Å². The molecule has 2 aromatic heterocycles. The van der Waals surface area contributed by atoms with Gasteiger partial charge in [0.25, 0.3) is 5.56 Å². The standard InChI is InChI=1S/C17H14N2O5S2/c1-26(23,24)14-9-10(6-7-15(20)21)8-12(18-14)17-19-16(22)11-4-2-3-5-13(11)25-17/h2-5,8-9H,6-7H2,1H3,(H,20,21). The Morgan fingerprint density at radius 1 is 1.19 bits per heavy atom. The van der Waals surface area contributed by atoms with Gasteiger partial charge < -0.3 is 5.11 Å². The minimum absolute atomic E-state index is 0.145. The third kappa shape index (κ3) is 3.94. The fourth-order valence-corrected chi connectivity index (χ4v) is 3.96. The predicted molar refractivity (Wildman–Crippen MR) is 98.2 cm³/mol. The molecular weight excluding hydrogens is 376 g/mol. The summed E-state index contributed by atoms with van der Waals surface area (Å²) in [6, 6.07) is 9.91. The molecule has 0 aliphatic heterocycles. The van der Waals surface area contributed by atoms with Crippen LogP contribution in [0.2, 0.25) is 0 Å². The number of aryl methyl sites for hydroxylation is 1. The number of pyridine rings is 1. The number of aliphatic carboxylic acids is 1. The van der Waals surface area contributed by atoms with Crippen molar-refractivity contribution < 1.29 is 18.3 Å². The van der Waals surface area contributed by atoms with Gasteiger partial charge in [0.05, 0.1) is 5.39 Å². The highest BCUT2D eigenvalue weighted by Gasteiger charge is 2.16. The molecule has 0 aliphatic rings. The zero-order valence-electron chi connectivity index (χ0n) is 13.7. The number of carboxylic acid groups (broad SMARTS) is 1. The Morgan fingerprint density at radius 3 is 2.62 bits per heavy atom. The van der Waals surface area contributed by atoms with Gasteiger partial charge in [0.1, 0.15) is 10.7 Å². The van der Waals surface area contributed by atoms with E-state index in [1.807, 2.05) is 0 Å². The lowest BCUT2D eigenvalue weighted by Crippen LogP contribution is -2.08. The maximum absolute atomic E-state index is 12.2. The zero-order valence-corrected chi connectivity index (χ0v) is 15.3. The van der Waals surface area contributed by atoms with Gasteiger partial charge in [-0.2, -0.15) is 4.98 Å². The van der Waals surface area contributed by atoms with Gasteiger partial charge in [-0.3, -0.25) is 9.59 Å². The molecule has 3 rings (SSSR count). The predicted octanol–water partition coefficient (Wildman–Crippen LogP) is 2.14. The Morgan fingerprint density at radius 2 is 1.92 bits per heavy atom. The molecule has 0 amide bonds. The van der Waals surface area contributed by atoms with Crippen molar-refractivity contribution in [3.63, 3.8) is 0 Å². The van der Waals surface area contributed by atoms with Crippen molar-refractivity contribution in [3.8, 4) is 10.7 Å². The van der Waals surface area contributed by atoms with Crippen molar-refractivity contribution in [3.05, 3.63) is 52.3 Å². The average molecular weight is 390 g/mol. The van der Waals surface area contributed by atoms with Crippen molar-refractivity contribution in [2.45, 2.75) is 17.9 Å². The van der Waals surface area contributed by atoms with Crippen molar-refractivity contribution in [2.75, 3.05) is 6.26 Å². The molecule has 0 fully saturated rings. The van der Waals surface area contributed by atoms with E-state index < -0.39 is 21.4 Å². The summed E-state index contributed by atoms with van der Waals surface area (Å²) in [6.07, 6.45) is 1.03. The lowest BCUT2D eigenvalue weighted by Gasteiger charge is -2.07. The van der Waals surface area contributed by atoms with E-state index in [2.05, 4.69) is 9.97 Å². The highest BCUT2D eigenvalue weighted by molar-refractivity contribution is 7.90. The van der Waals surface area contributed by atoms with Gasteiger partial charge in [0.2, 0.25) is 0 Å². The van der Waals surface area contributed by atoms with E-state index in [0.29, 0.717) is 15.6 Å². The van der Waals surface area contributed by atoms with Crippen LogP contribution in [-0.4, -0.2) is 35.7 Å². The summed E-state index contributed by atoms with van der Waals surface area (Å²) in [6.45, 7) is 0. The fraction of sp³-hybridized carbons (Fsp3) is 0.176. The number of nitrogens with zero attached hydrogens (tertiary/aromatic N) is 2. The lowest BCUT2D eigenvalue weighted by molar-refractivity contribution is -0.136. The Balaban J connectivity index is 2.18. The number of carbonyl (C=O) groups is 1. The first-order chi connectivity index (χ1) is 12.2. The summed E-state index contributed by atoms with van der Waals surface area (Å²) < 4.78 is 24.6. The number of rotatable bonds is 5. The number of sulfone groups is 1. The van der Waals surface area contributed by atoms with Crippen LogP contribution >= 0.6 is 11.3 Å². The van der Waals surface area contributed by atoms with Crippen LogP contribution in [0.4, 0.5) is 0 Å². The number of benzene rings is 1. The van der Waals surface area contributed by atoms with Gasteiger partial charge in [0, 0.05) is 17.4 Å². The summed E-state index contributed by atoms with van der Waals surface area (Å²) in [4.78, 5) is 31.2. The number of carboxylic acids is 1. The molecule has 0 radical (unpaired) electrons. The maximum atomic E-state index is 12.2. The quantitative estimate of drug-likeness (QED) is 0.710. The van der Waals surface area contributed by atoms with E-state index in [1.165, 1.54) is 17.4 Å². The van der Waals surface area contributed by atoms with E-state index in [0.717, 1.165) is 6.26 Å². The number of aromatic nitrogens is 2. The van der Waals surface area contributed by atoms with Crippen molar-refractivity contribution in [1.29, 1.82) is 0 Å². The third-order valence-corrected chi connectivity index (χ3v) is 5.65. The number of fused-ring (bicyclic) bond motifs is 1. The lowest BCUT2D eigenvalue weighted by atomic mass is 10.1. The largest absolute Gasteiger partial charge is 0.481 e.